The lowest BCUT2D eigenvalue weighted by Gasteiger charge is -2.06. The van der Waals surface area contributed by atoms with E-state index >= 15 is 0 Å². The van der Waals surface area contributed by atoms with Gasteiger partial charge in [0.2, 0.25) is 0 Å². The van der Waals surface area contributed by atoms with E-state index in [0.717, 1.165) is 12.8 Å². The molecule has 0 fully saturated rings. The highest BCUT2D eigenvalue weighted by Gasteiger charge is 2.08. The highest BCUT2D eigenvalue weighted by atomic mass is 35.5. The van der Waals surface area contributed by atoms with Crippen molar-refractivity contribution in [1.82, 2.24) is 0 Å². The van der Waals surface area contributed by atoms with Crippen molar-refractivity contribution in [2.75, 3.05) is 0 Å². The van der Waals surface area contributed by atoms with Crippen LogP contribution in [0.15, 0.2) is 11.1 Å². The summed E-state index contributed by atoms with van der Waals surface area (Å²) in [5.41, 5.74) is 0. The minimum absolute atomic E-state index is 0.112. The minimum atomic E-state index is -0.412. The molecule has 0 aliphatic carbocycles. The Morgan fingerprint density at radius 2 is 1.88 bits per heavy atom. The molecule has 2 nitrogen and oxygen atoms in total. The van der Waals surface area contributed by atoms with Crippen molar-refractivity contribution in [2.24, 2.45) is 0 Å². The van der Waals surface area contributed by atoms with Crippen molar-refractivity contribution in [2.45, 2.75) is 65.4 Å². The summed E-state index contributed by atoms with van der Waals surface area (Å²) in [4.78, 5) is 11.3. The van der Waals surface area contributed by atoms with Crippen LogP contribution in [0.4, 0.5) is 0 Å². The fraction of sp³-hybridized carbons (Fsp3) is 0.769. The van der Waals surface area contributed by atoms with Crippen LogP contribution in [0.5, 0.6) is 0 Å². The maximum absolute atomic E-state index is 11.3. The Morgan fingerprint density at radius 1 is 1.25 bits per heavy atom. The summed E-state index contributed by atoms with van der Waals surface area (Å²) in [7, 11) is 0. The number of hydrogen-bond acceptors (Lipinski definition) is 2. The van der Waals surface area contributed by atoms with E-state index in [4.69, 9.17) is 16.3 Å². The van der Waals surface area contributed by atoms with E-state index in [1.165, 1.54) is 25.7 Å². The van der Waals surface area contributed by atoms with Crippen molar-refractivity contribution in [3.05, 3.63) is 11.1 Å². The first-order chi connectivity index (χ1) is 7.57. The van der Waals surface area contributed by atoms with Gasteiger partial charge in [-0.15, -0.1) is 0 Å². The first-order valence-electron chi connectivity index (χ1n) is 6.14. The molecule has 0 aromatic carbocycles. The second-order valence-corrected chi connectivity index (χ2v) is 4.62. The van der Waals surface area contributed by atoms with E-state index in [1.807, 2.05) is 13.8 Å². The standard InChI is InChI=1S/C13H23ClO2/c1-4-5-6-7-8-9-10-12(14)13(15)16-11(2)3/h10-11H,4-9H2,1-3H3/b12-10-. The lowest BCUT2D eigenvalue weighted by molar-refractivity contribution is -0.141. The largest absolute Gasteiger partial charge is 0.459 e. The van der Waals surface area contributed by atoms with Crippen LogP contribution < -0.4 is 0 Å². The van der Waals surface area contributed by atoms with Crippen LogP contribution >= 0.6 is 11.6 Å². The summed E-state index contributed by atoms with van der Waals surface area (Å²) in [5.74, 6) is -0.412. The van der Waals surface area contributed by atoms with E-state index in [1.54, 1.807) is 6.08 Å². The molecule has 0 rings (SSSR count). The topological polar surface area (TPSA) is 26.3 Å². The summed E-state index contributed by atoms with van der Waals surface area (Å²) in [5, 5.41) is 0.212. The van der Waals surface area contributed by atoms with Gasteiger partial charge in [0.05, 0.1) is 6.10 Å². The molecular weight excluding hydrogens is 224 g/mol. The molecule has 0 aromatic heterocycles. The van der Waals surface area contributed by atoms with E-state index < -0.39 is 5.97 Å². The second-order valence-electron chi connectivity index (χ2n) is 4.21. The third-order valence-corrected chi connectivity index (χ3v) is 2.48. The first kappa shape index (κ1) is 15.5. The highest BCUT2D eigenvalue weighted by molar-refractivity contribution is 6.41. The molecule has 0 atom stereocenters. The fourth-order valence-corrected chi connectivity index (χ4v) is 1.48. The van der Waals surface area contributed by atoms with Crippen molar-refractivity contribution in [1.29, 1.82) is 0 Å². The molecule has 0 heterocycles. The number of halogens is 1. The second kappa shape index (κ2) is 9.71. The predicted octanol–water partition coefficient (Wildman–Crippen LogP) is 4.42. The van der Waals surface area contributed by atoms with Gasteiger partial charge in [-0.1, -0.05) is 50.3 Å². The van der Waals surface area contributed by atoms with Crippen LogP contribution in [-0.4, -0.2) is 12.1 Å². The van der Waals surface area contributed by atoms with Crippen LogP contribution in [0.2, 0.25) is 0 Å². The van der Waals surface area contributed by atoms with Crippen LogP contribution in [0.1, 0.15) is 59.3 Å². The Labute approximate surface area is 104 Å². The summed E-state index contributed by atoms with van der Waals surface area (Å²) in [6.45, 7) is 5.82. The van der Waals surface area contributed by atoms with E-state index in [0.29, 0.717) is 0 Å². The SMILES string of the molecule is CCCCCCC/C=C(\Cl)C(=O)OC(C)C. The van der Waals surface area contributed by atoms with E-state index in [2.05, 4.69) is 6.92 Å². The highest BCUT2D eigenvalue weighted by Crippen LogP contribution is 2.11. The van der Waals surface area contributed by atoms with Gasteiger partial charge in [0.25, 0.3) is 0 Å². The molecule has 0 N–H and O–H groups in total. The van der Waals surface area contributed by atoms with Gasteiger partial charge in [0, 0.05) is 0 Å². The molecule has 3 heteroatoms. The molecule has 0 spiro atoms. The number of hydrogen-bond donors (Lipinski definition) is 0. The van der Waals surface area contributed by atoms with Gasteiger partial charge in [-0.25, -0.2) is 4.79 Å². The molecule has 0 saturated carbocycles. The van der Waals surface area contributed by atoms with Crippen molar-refractivity contribution < 1.29 is 9.53 Å². The van der Waals surface area contributed by atoms with Gasteiger partial charge in [-0.05, 0) is 26.7 Å². The van der Waals surface area contributed by atoms with Crippen LogP contribution in [0.25, 0.3) is 0 Å². The van der Waals surface area contributed by atoms with Gasteiger partial charge >= 0.3 is 5.97 Å². The molecule has 16 heavy (non-hydrogen) atoms. The summed E-state index contributed by atoms with van der Waals surface area (Å²) in [6, 6.07) is 0. The fourth-order valence-electron chi connectivity index (χ4n) is 1.33. The maximum Gasteiger partial charge on any atom is 0.349 e. The number of rotatable bonds is 8. The van der Waals surface area contributed by atoms with Gasteiger partial charge in [-0.2, -0.15) is 0 Å². The predicted molar refractivity (Wildman–Crippen MR) is 68.5 cm³/mol. The van der Waals surface area contributed by atoms with Crippen LogP contribution in [-0.2, 0) is 9.53 Å². The van der Waals surface area contributed by atoms with E-state index in [9.17, 15) is 4.79 Å². The molecule has 0 saturated heterocycles. The van der Waals surface area contributed by atoms with Crippen molar-refractivity contribution >= 4 is 17.6 Å². The van der Waals surface area contributed by atoms with Crippen LogP contribution in [0.3, 0.4) is 0 Å². The zero-order chi connectivity index (χ0) is 12.4. The number of ether oxygens (including phenoxy) is 1. The molecule has 94 valence electrons. The lowest BCUT2D eigenvalue weighted by Crippen LogP contribution is -2.11. The lowest BCUT2D eigenvalue weighted by atomic mass is 10.1. The quantitative estimate of drug-likeness (QED) is 0.360. The van der Waals surface area contributed by atoms with Crippen LogP contribution in [0, 0.1) is 0 Å². The smallest absolute Gasteiger partial charge is 0.349 e. The number of unbranched alkanes of at least 4 members (excludes halogenated alkanes) is 5. The monoisotopic (exact) mass is 246 g/mol. The number of carbonyl (C=O) groups is 1. The van der Waals surface area contributed by atoms with Gasteiger partial charge in [0.1, 0.15) is 5.03 Å². The Balaban J connectivity index is 3.65. The third kappa shape index (κ3) is 8.78. The zero-order valence-electron chi connectivity index (χ0n) is 10.6. The molecule has 0 bridgehead atoms. The van der Waals surface area contributed by atoms with E-state index in [-0.39, 0.29) is 11.1 Å². The maximum atomic E-state index is 11.3. The summed E-state index contributed by atoms with van der Waals surface area (Å²) < 4.78 is 4.97. The molecule has 0 aromatic rings. The minimum Gasteiger partial charge on any atom is -0.459 e. The molecule has 0 unspecified atom stereocenters. The molecule has 0 radical (unpaired) electrons. The normalized spacial score (nSPS) is 11.9. The van der Waals surface area contributed by atoms with Crippen molar-refractivity contribution in [3.8, 4) is 0 Å². The Hall–Kier alpha value is -0.500. The molecule has 0 aliphatic heterocycles. The number of esters is 1. The average molecular weight is 247 g/mol. The Kier molecular flexibility index (Phi) is 9.40. The van der Waals surface area contributed by atoms with Gasteiger partial charge < -0.3 is 4.74 Å². The molecule has 0 aliphatic rings. The zero-order valence-corrected chi connectivity index (χ0v) is 11.3. The number of allylic oxidation sites excluding steroid dienone is 1. The molecule has 0 amide bonds. The Bertz CT molecular complexity index is 222. The van der Waals surface area contributed by atoms with Gasteiger partial charge in [-0.3, -0.25) is 0 Å². The molecular formula is C13H23ClO2. The first-order valence-corrected chi connectivity index (χ1v) is 6.52. The van der Waals surface area contributed by atoms with Crippen molar-refractivity contribution in [3.63, 3.8) is 0 Å². The average Bonchev–Trinajstić information content (AvgIpc) is 2.21. The summed E-state index contributed by atoms with van der Waals surface area (Å²) >= 11 is 5.80. The number of carbonyl (C=O) groups excluding carboxylic acids is 1. The van der Waals surface area contributed by atoms with Gasteiger partial charge in [0.15, 0.2) is 0 Å². The summed E-state index contributed by atoms with van der Waals surface area (Å²) in [6.07, 6.45) is 8.59. The third-order valence-electron chi connectivity index (χ3n) is 2.17. The Morgan fingerprint density at radius 3 is 2.44 bits per heavy atom.